The van der Waals surface area contributed by atoms with Crippen molar-refractivity contribution in [3.05, 3.63) is 11.7 Å². The van der Waals surface area contributed by atoms with Crippen LogP contribution in [0, 0.1) is 12.3 Å². The summed E-state index contributed by atoms with van der Waals surface area (Å²) in [5.41, 5.74) is 0. The molecule has 8 heteroatoms. The molecule has 2 rings (SSSR count). The van der Waals surface area contributed by atoms with E-state index in [-0.39, 0.29) is 0 Å². The van der Waals surface area contributed by atoms with Crippen LogP contribution in [0.15, 0.2) is 0 Å². The number of nitrogens with zero attached hydrogens (tertiary/aromatic N) is 1. The van der Waals surface area contributed by atoms with Gasteiger partial charge in [-0.25, -0.2) is 0 Å². The molecule has 2 fully saturated rings. The van der Waals surface area contributed by atoms with E-state index < -0.39 is 14.8 Å². The third-order valence-corrected chi connectivity index (χ3v) is 5.63. The molecule has 0 aromatic carbocycles. The van der Waals surface area contributed by atoms with Crippen molar-refractivity contribution in [2.45, 2.75) is 71.5 Å². The monoisotopic (exact) mass is 562 g/mol. The number of alkyl halides is 1. The molecule has 0 amide bonds. The third-order valence-electron chi connectivity index (χ3n) is 4.06. The van der Waals surface area contributed by atoms with Crippen LogP contribution in [0.25, 0.3) is 5.32 Å². The molecule has 25 heavy (non-hydrogen) atoms. The van der Waals surface area contributed by atoms with Gasteiger partial charge in [0, 0.05) is 0 Å². The van der Waals surface area contributed by atoms with Gasteiger partial charge in [0.1, 0.15) is 0 Å². The summed E-state index contributed by atoms with van der Waals surface area (Å²) in [4.78, 5) is 0. The van der Waals surface area contributed by atoms with Crippen molar-refractivity contribution >= 4 is 8.60 Å². The predicted octanol–water partition coefficient (Wildman–Crippen LogP) is 5.73. The van der Waals surface area contributed by atoms with Crippen molar-refractivity contribution in [2.75, 3.05) is 26.4 Å². The minimum atomic E-state index is -1.40. The summed E-state index contributed by atoms with van der Waals surface area (Å²) in [6.07, 6.45) is 7.86. The summed E-state index contributed by atoms with van der Waals surface area (Å²) < 4.78 is 37.9. The molecule has 1 aliphatic heterocycles. The van der Waals surface area contributed by atoms with Crippen LogP contribution in [0.1, 0.15) is 59.3 Å². The second-order valence-corrected chi connectivity index (χ2v) is 7.19. The van der Waals surface area contributed by atoms with Gasteiger partial charge in [0.15, 0.2) is 0 Å². The van der Waals surface area contributed by atoms with E-state index in [1.54, 1.807) is 0 Å². The molecule has 0 radical (unpaired) electrons. The van der Waals surface area contributed by atoms with Gasteiger partial charge in [0.05, 0.1) is 26.0 Å². The number of hydrogen-bond acceptors (Lipinski definition) is 3. The Hall–Kier alpha value is 0.779. The maximum atomic E-state index is 12.9. The Labute approximate surface area is 164 Å². The first kappa shape index (κ1) is 25.8. The van der Waals surface area contributed by atoms with Crippen LogP contribution in [-0.4, -0.2) is 38.6 Å². The zero-order chi connectivity index (χ0) is 18.9. The van der Waals surface area contributed by atoms with E-state index in [0.717, 1.165) is 19.4 Å². The van der Waals surface area contributed by atoms with Crippen molar-refractivity contribution in [3.8, 4) is 0 Å². The van der Waals surface area contributed by atoms with E-state index in [1.165, 1.54) is 19.3 Å². The van der Waals surface area contributed by atoms with Crippen molar-refractivity contribution in [1.29, 1.82) is 0 Å². The molecular weight excluding hydrogens is 527 g/mol. The molecule has 0 aromatic rings. The fourth-order valence-electron chi connectivity index (χ4n) is 2.92. The average Bonchev–Trinajstić information content (AvgIpc) is 2.66. The molecule has 0 N–H and O–H groups in total. The Morgan fingerprint density at radius 3 is 2.00 bits per heavy atom. The molecule has 1 saturated heterocycles. The fourth-order valence-corrected chi connectivity index (χ4v) is 3.88. The van der Waals surface area contributed by atoms with Crippen LogP contribution in [0.5, 0.6) is 0 Å². The first-order chi connectivity index (χ1) is 12.2. The van der Waals surface area contributed by atoms with E-state index in [2.05, 4.69) is 11.7 Å². The molecule has 152 valence electrons. The summed E-state index contributed by atoms with van der Waals surface area (Å²) in [5, 5.41) is 4.62. The van der Waals surface area contributed by atoms with Crippen LogP contribution in [0.3, 0.4) is 0 Å². The molecule has 1 aliphatic carbocycles. The van der Waals surface area contributed by atoms with Crippen LogP contribution in [0.4, 0.5) is 7.64 Å². The Morgan fingerprint density at radius 1 is 1.00 bits per heavy atom. The SMILES string of the molecule is CCO[PH+](OCC)OCC.FC1C[CH-]C(C2CCCC[N-]2)CC1.[F][Ir+2]. The van der Waals surface area contributed by atoms with Gasteiger partial charge in [-0.1, -0.05) is 25.7 Å². The Balaban J connectivity index is 0.000000434. The summed E-state index contributed by atoms with van der Waals surface area (Å²) >= 11 is 0.500. The number of piperidine rings is 1. The molecule has 1 heterocycles. The van der Waals surface area contributed by atoms with Gasteiger partial charge in [-0.2, -0.15) is 25.5 Å². The summed E-state index contributed by atoms with van der Waals surface area (Å²) in [7, 11) is -1.40. The zero-order valence-corrected chi connectivity index (χ0v) is 19.0. The van der Waals surface area contributed by atoms with Gasteiger partial charge >= 0.3 is 31.3 Å². The fraction of sp³-hybridized carbons (Fsp3) is 0.941. The van der Waals surface area contributed by atoms with E-state index >= 15 is 0 Å². The predicted molar refractivity (Wildman–Crippen MR) is 96.7 cm³/mol. The third kappa shape index (κ3) is 12.7. The Bertz CT molecular complexity index is 268. The van der Waals surface area contributed by atoms with Gasteiger partial charge in [0.25, 0.3) is 0 Å². The normalized spacial score (nSPS) is 26.3. The van der Waals surface area contributed by atoms with Crippen molar-refractivity contribution in [3.63, 3.8) is 0 Å². The zero-order valence-electron chi connectivity index (χ0n) is 15.6. The summed E-state index contributed by atoms with van der Waals surface area (Å²) in [5.74, 6) is 0.590. The first-order valence-corrected chi connectivity index (χ1v) is 11.4. The second kappa shape index (κ2) is 18.2. The first-order valence-electron chi connectivity index (χ1n) is 9.23. The van der Waals surface area contributed by atoms with Gasteiger partial charge in [-0.15, -0.1) is 13.0 Å². The maximum absolute atomic E-state index is 12.9. The van der Waals surface area contributed by atoms with E-state index in [4.69, 9.17) is 13.6 Å². The Kier molecular flexibility index (Phi) is 18.7. The molecule has 2 aliphatic rings. The van der Waals surface area contributed by atoms with Gasteiger partial charge in [-0.05, 0) is 27.2 Å². The van der Waals surface area contributed by atoms with Crippen molar-refractivity contribution in [2.24, 2.45) is 5.92 Å². The number of hydrogen-bond donors (Lipinski definition) is 0. The van der Waals surface area contributed by atoms with Gasteiger partial charge < -0.3 is 11.7 Å². The van der Waals surface area contributed by atoms with Crippen LogP contribution in [-0.2, 0) is 33.0 Å². The molecule has 3 atom stereocenters. The van der Waals surface area contributed by atoms with Crippen molar-refractivity contribution < 1.29 is 40.6 Å². The second-order valence-electron chi connectivity index (χ2n) is 5.83. The topological polar surface area (TPSA) is 41.8 Å². The number of halogens is 2. The molecule has 0 spiro atoms. The van der Waals surface area contributed by atoms with Gasteiger partial charge in [-0.3, -0.25) is 4.39 Å². The minimum absolute atomic E-state index is 0.500. The molecular formula is C17H34F2IrNO3P+. The molecule has 0 aromatic heterocycles. The van der Waals surface area contributed by atoms with E-state index in [0.29, 0.717) is 57.6 Å². The van der Waals surface area contributed by atoms with Gasteiger partial charge in [0.2, 0.25) is 0 Å². The van der Waals surface area contributed by atoms with Crippen LogP contribution >= 0.6 is 8.60 Å². The molecule has 4 nitrogen and oxygen atoms in total. The Morgan fingerprint density at radius 2 is 1.60 bits per heavy atom. The number of rotatable bonds is 7. The average molecular weight is 562 g/mol. The van der Waals surface area contributed by atoms with Crippen LogP contribution < -0.4 is 0 Å². The standard InChI is InChI=1S/C11H18FN.C6H16O3P.FH.Ir/c12-10-6-4-9(5-7-10)11-3-1-2-8-13-11;1-4-7-10(8-5-2)9-6-3;;/h4,9-11H,1-3,5-8H2;10H,4-6H2,1-3H3;1H;/q-2;+1;;+3/p-1. The van der Waals surface area contributed by atoms with E-state index in [1.807, 2.05) is 20.8 Å². The molecule has 0 bridgehead atoms. The van der Waals surface area contributed by atoms with E-state index in [9.17, 15) is 7.64 Å². The summed E-state index contributed by atoms with van der Waals surface area (Å²) in [6.45, 7) is 8.82. The quantitative estimate of drug-likeness (QED) is 0.295. The van der Waals surface area contributed by atoms with Crippen LogP contribution in [0.2, 0.25) is 0 Å². The summed E-state index contributed by atoms with van der Waals surface area (Å²) in [6, 6.07) is 0.529. The van der Waals surface area contributed by atoms with Crippen molar-refractivity contribution in [1.82, 2.24) is 0 Å². The molecule has 1 saturated carbocycles. The molecule has 3 unspecified atom stereocenters.